The van der Waals surface area contributed by atoms with Crippen LogP contribution in [-0.4, -0.2) is 20.5 Å². The van der Waals surface area contributed by atoms with Crippen molar-refractivity contribution in [2.75, 3.05) is 11.2 Å². The Bertz CT molecular complexity index is 3250. The Balaban J connectivity index is 1.12. The molecular formula is C55H41N3OS. The van der Waals surface area contributed by atoms with Gasteiger partial charge in [-0.15, -0.1) is 11.8 Å². The number of aliphatic hydroxyl groups is 1. The highest BCUT2D eigenvalue weighted by atomic mass is 32.2. The lowest BCUT2D eigenvalue weighted by Crippen LogP contribution is -2.12. The minimum absolute atomic E-state index is 0.806. The first-order valence-corrected chi connectivity index (χ1v) is 21.2. The molecule has 0 fully saturated rings. The molecule has 7 aromatic carbocycles. The second-order valence-corrected chi connectivity index (χ2v) is 15.8. The van der Waals surface area contributed by atoms with Gasteiger partial charge < -0.3 is 19.1 Å². The number of anilines is 2. The summed E-state index contributed by atoms with van der Waals surface area (Å²) in [5.74, 6) is 0. The van der Waals surface area contributed by atoms with Gasteiger partial charge in [-0.05, 0) is 119 Å². The van der Waals surface area contributed by atoms with Crippen LogP contribution in [0.2, 0.25) is 0 Å². The first-order valence-electron chi connectivity index (χ1n) is 20.0. The van der Waals surface area contributed by atoms with Crippen molar-refractivity contribution in [3.05, 3.63) is 230 Å². The van der Waals surface area contributed by atoms with Gasteiger partial charge in [-0.1, -0.05) is 116 Å². The van der Waals surface area contributed by atoms with E-state index in [1.54, 1.807) is 17.8 Å². The van der Waals surface area contributed by atoms with Gasteiger partial charge in [0.1, 0.15) is 0 Å². The van der Waals surface area contributed by atoms with Crippen LogP contribution in [0.15, 0.2) is 219 Å². The molecule has 10 rings (SSSR count). The molecule has 0 radical (unpaired) electrons. The second kappa shape index (κ2) is 15.4. The Kier molecular flexibility index (Phi) is 9.44. The van der Waals surface area contributed by atoms with Crippen molar-refractivity contribution in [1.82, 2.24) is 9.13 Å². The third-order valence-corrected chi connectivity index (χ3v) is 12.3. The predicted molar refractivity (Wildman–Crippen MR) is 258 cm³/mol. The first kappa shape index (κ1) is 36.8. The Morgan fingerprint density at radius 1 is 0.617 bits per heavy atom. The zero-order valence-corrected chi connectivity index (χ0v) is 34.0. The van der Waals surface area contributed by atoms with Crippen molar-refractivity contribution in [3.8, 4) is 5.69 Å². The lowest BCUT2D eigenvalue weighted by atomic mass is 9.96. The number of hydrogen-bond donors (Lipinski definition) is 1. The van der Waals surface area contributed by atoms with Crippen molar-refractivity contribution in [3.63, 3.8) is 0 Å². The highest BCUT2D eigenvalue weighted by Gasteiger charge is 2.21. The van der Waals surface area contributed by atoms with Gasteiger partial charge in [0.25, 0.3) is 0 Å². The molecule has 288 valence electrons. The fourth-order valence-electron chi connectivity index (χ4n) is 8.72. The van der Waals surface area contributed by atoms with Crippen LogP contribution in [0.25, 0.3) is 71.7 Å². The monoisotopic (exact) mass is 791 g/mol. The highest BCUT2D eigenvalue weighted by molar-refractivity contribution is 7.98. The predicted octanol–water partition coefficient (Wildman–Crippen LogP) is 15.0. The van der Waals surface area contributed by atoms with Gasteiger partial charge in [0.05, 0.1) is 34.0 Å². The molecule has 1 N–H and O–H groups in total. The summed E-state index contributed by atoms with van der Waals surface area (Å²) in [5.41, 5.74) is 14.5. The van der Waals surface area contributed by atoms with Crippen molar-refractivity contribution >= 4 is 89.2 Å². The number of allylic oxidation sites excluding steroid dienone is 8. The normalized spacial score (nSPS) is 14.8. The number of rotatable bonds is 8. The second-order valence-electron chi connectivity index (χ2n) is 14.9. The maximum Gasteiger partial charge on any atom is 0.0812 e. The molecular weight excluding hydrogens is 751 g/mol. The zero-order valence-electron chi connectivity index (χ0n) is 33.2. The van der Waals surface area contributed by atoms with Crippen LogP contribution in [0.4, 0.5) is 11.4 Å². The van der Waals surface area contributed by atoms with Crippen LogP contribution >= 0.6 is 11.8 Å². The molecule has 3 heterocycles. The molecule has 0 spiro atoms. The van der Waals surface area contributed by atoms with Crippen molar-refractivity contribution in [2.45, 2.75) is 4.90 Å². The lowest BCUT2D eigenvalue weighted by Gasteiger charge is -2.26. The largest absolute Gasteiger partial charge is 0.516 e. The van der Waals surface area contributed by atoms with E-state index in [9.17, 15) is 5.11 Å². The molecule has 0 saturated heterocycles. The minimum atomic E-state index is 0.806. The van der Waals surface area contributed by atoms with Crippen LogP contribution in [0.1, 0.15) is 16.7 Å². The molecule has 60 heavy (non-hydrogen) atoms. The summed E-state index contributed by atoms with van der Waals surface area (Å²) in [6.07, 6.45) is 13.6. The SMILES string of the molecule is C=C(/C=C(\C=C/O)n1c2ccccc2c2cc(N3/C=C\C(c4cc(-n5c6ccccc6c6ccccc65)ccc4SC)=C/C(=C)c4ccccc43)ccc21)c1ccccc1. The van der Waals surface area contributed by atoms with E-state index < -0.39 is 0 Å². The summed E-state index contributed by atoms with van der Waals surface area (Å²) >= 11 is 1.75. The van der Waals surface area contributed by atoms with Crippen LogP contribution < -0.4 is 4.90 Å². The van der Waals surface area contributed by atoms with E-state index in [2.05, 4.69) is 185 Å². The maximum absolute atomic E-state index is 10.1. The van der Waals surface area contributed by atoms with E-state index in [0.29, 0.717) is 0 Å². The fraction of sp³-hybridized carbons (Fsp3) is 0.0182. The van der Waals surface area contributed by atoms with Crippen LogP contribution in [0, 0.1) is 0 Å². The topological polar surface area (TPSA) is 33.3 Å². The number of aromatic nitrogens is 2. The standard InChI is InChI=1S/C55H41N3OS/c1-37(39-15-5-4-6-16-39)34-43(30-32-59)58-53-24-14-10-20-47(53)49-35-41(25-27-54(49)58)56-31-29-40(33-38(2)44-17-7-11-21-50(44)56)48-36-42(26-28-55(48)60-3)57-51-22-12-8-18-45(51)46-19-9-13-23-52(46)57/h4-36,59H,1-2H2,3H3/b31-29-,32-30-,40-33+,43-34+. The summed E-state index contributed by atoms with van der Waals surface area (Å²) in [6.45, 7) is 9.04. The van der Waals surface area contributed by atoms with E-state index in [-0.39, 0.29) is 0 Å². The number of benzene rings is 7. The van der Waals surface area contributed by atoms with Gasteiger partial charge in [0.2, 0.25) is 0 Å². The van der Waals surface area contributed by atoms with Crippen LogP contribution in [0.3, 0.4) is 0 Å². The van der Waals surface area contributed by atoms with Gasteiger partial charge in [-0.3, -0.25) is 0 Å². The summed E-state index contributed by atoms with van der Waals surface area (Å²) in [5, 5.41) is 14.8. The maximum atomic E-state index is 10.1. The van der Waals surface area contributed by atoms with Crippen molar-refractivity contribution in [1.29, 1.82) is 0 Å². The highest BCUT2D eigenvalue weighted by Crippen LogP contribution is 2.42. The number of fused-ring (bicyclic) bond motifs is 7. The molecule has 9 aromatic rings. The fourth-order valence-corrected chi connectivity index (χ4v) is 9.33. The molecule has 1 aliphatic heterocycles. The lowest BCUT2D eigenvalue weighted by molar-refractivity contribution is 0.474. The van der Waals surface area contributed by atoms with Gasteiger partial charge >= 0.3 is 0 Å². The molecule has 0 unspecified atom stereocenters. The average Bonchev–Trinajstić information content (AvgIpc) is 3.81. The van der Waals surface area contributed by atoms with Crippen molar-refractivity contribution in [2.24, 2.45) is 0 Å². The van der Waals surface area contributed by atoms with Gasteiger partial charge in [-0.25, -0.2) is 0 Å². The molecule has 5 heteroatoms. The van der Waals surface area contributed by atoms with Crippen molar-refractivity contribution < 1.29 is 5.11 Å². The van der Waals surface area contributed by atoms with Gasteiger partial charge in [0, 0.05) is 55.3 Å². The van der Waals surface area contributed by atoms with E-state index in [0.717, 1.165) is 84.2 Å². The summed E-state index contributed by atoms with van der Waals surface area (Å²) in [7, 11) is 0. The number of nitrogens with zero attached hydrogens (tertiary/aromatic N) is 3. The average molecular weight is 792 g/mol. The van der Waals surface area contributed by atoms with Gasteiger partial charge in [0.15, 0.2) is 0 Å². The van der Waals surface area contributed by atoms with E-state index in [4.69, 9.17) is 0 Å². The Morgan fingerprint density at radius 2 is 1.23 bits per heavy atom. The molecule has 1 aliphatic rings. The van der Waals surface area contributed by atoms with E-state index in [1.807, 2.05) is 36.4 Å². The van der Waals surface area contributed by atoms with E-state index in [1.165, 1.54) is 26.7 Å². The molecule has 0 saturated carbocycles. The quantitative estimate of drug-likeness (QED) is 0.0945. The summed E-state index contributed by atoms with van der Waals surface area (Å²) < 4.78 is 4.57. The van der Waals surface area contributed by atoms with Gasteiger partial charge in [-0.2, -0.15) is 0 Å². The third-order valence-electron chi connectivity index (χ3n) is 11.5. The van der Waals surface area contributed by atoms with Crippen LogP contribution in [0.5, 0.6) is 0 Å². The molecule has 0 atom stereocenters. The van der Waals surface area contributed by atoms with E-state index >= 15 is 0 Å². The number of hydrogen-bond acceptors (Lipinski definition) is 3. The molecule has 4 nitrogen and oxygen atoms in total. The minimum Gasteiger partial charge on any atom is -0.516 e. The molecule has 0 bridgehead atoms. The van der Waals surface area contributed by atoms with Crippen LogP contribution in [-0.2, 0) is 0 Å². The Hall–Kier alpha value is -7.47. The summed E-state index contributed by atoms with van der Waals surface area (Å²) in [6, 6.07) is 57.8. The number of aliphatic hydroxyl groups excluding tert-OH is 1. The smallest absolute Gasteiger partial charge is 0.0812 e. The molecule has 0 aliphatic carbocycles. The third kappa shape index (κ3) is 6.28. The zero-order chi connectivity index (χ0) is 40.7. The molecule has 0 amide bonds. The Morgan fingerprint density at radius 3 is 1.95 bits per heavy atom. The number of thioether (sulfide) groups is 1. The summed E-state index contributed by atoms with van der Waals surface area (Å²) in [4.78, 5) is 3.46. The first-order chi connectivity index (χ1) is 29.5. The molecule has 2 aromatic heterocycles. The Labute approximate surface area is 354 Å². The number of para-hydroxylation sites is 4.